The van der Waals surface area contributed by atoms with Crippen molar-refractivity contribution in [3.63, 3.8) is 0 Å². The molecule has 1 aliphatic heterocycles. The number of carbonyl (C=O) groups is 1. The molecule has 0 radical (unpaired) electrons. The molecule has 1 aromatic carbocycles. The zero-order valence-corrected chi connectivity index (χ0v) is 18.2. The van der Waals surface area contributed by atoms with E-state index >= 15 is 0 Å². The summed E-state index contributed by atoms with van der Waals surface area (Å²) in [5.41, 5.74) is 3.40. The number of anilines is 1. The van der Waals surface area contributed by atoms with Gasteiger partial charge in [-0.25, -0.2) is 0 Å². The zero-order chi connectivity index (χ0) is 20.9. The third-order valence-corrected chi connectivity index (χ3v) is 6.25. The van der Waals surface area contributed by atoms with Crippen LogP contribution in [0.2, 0.25) is 0 Å². The van der Waals surface area contributed by atoms with Crippen LogP contribution in [0.15, 0.2) is 53.9 Å². The Morgan fingerprint density at radius 2 is 1.83 bits per heavy atom. The summed E-state index contributed by atoms with van der Waals surface area (Å²) in [7, 11) is 0. The van der Waals surface area contributed by atoms with Gasteiger partial charge < -0.3 is 14.4 Å². The highest BCUT2D eigenvalue weighted by molar-refractivity contribution is 7.99. The van der Waals surface area contributed by atoms with Gasteiger partial charge in [-0.1, -0.05) is 35.5 Å². The maximum atomic E-state index is 12.8. The van der Waals surface area contributed by atoms with E-state index in [0.29, 0.717) is 5.75 Å². The molecule has 1 saturated heterocycles. The molecule has 2 aromatic heterocycles. The van der Waals surface area contributed by atoms with Gasteiger partial charge in [-0.2, -0.15) is 0 Å². The second kappa shape index (κ2) is 9.30. The molecule has 30 heavy (non-hydrogen) atoms. The Morgan fingerprint density at radius 3 is 2.53 bits per heavy atom. The highest BCUT2D eigenvalue weighted by Gasteiger charge is 2.22. The molecule has 1 aliphatic rings. The lowest BCUT2D eigenvalue weighted by Gasteiger charge is -2.36. The molecule has 7 nitrogen and oxygen atoms in total. The first kappa shape index (κ1) is 20.4. The van der Waals surface area contributed by atoms with Crippen molar-refractivity contribution in [2.45, 2.75) is 25.5 Å². The molecule has 0 N–H and O–H groups in total. The lowest BCUT2D eigenvalue weighted by atomic mass is 10.1. The van der Waals surface area contributed by atoms with Gasteiger partial charge >= 0.3 is 0 Å². The van der Waals surface area contributed by atoms with Crippen LogP contribution in [0.4, 0.5) is 5.69 Å². The number of hydrogen-bond acceptors (Lipinski definition) is 6. The molecule has 0 bridgehead atoms. The van der Waals surface area contributed by atoms with Crippen LogP contribution in [-0.4, -0.2) is 62.5 Å². The van der Waals surface area contributed by atoms with E-state index in [1.165, 1.54) is 17.3 Å². The summed E-state index contributed by atoms with van der Waals surface area (Å²) < 4.78 is 2.08. The Hall–Kier alpha value is -2.87. The van der Waals surface area contributed by atoms with Crippen molar-refractivity contribution < 1.29 is 4.79 Å². The van der Waals surface area contributed by atoms with Crippen LogP contribution in [0.1, 0.15) is 12.5 Å². The maximum Gasteiger partial charge on any atom is 0.233 e. The highest BCUT2D eigenvalue weighted by Crippen LogP contribution is 2.25. The predicted octanol–water partition coefficient (Wildman–Crippen LogP) is 3.11. The molecule has 0 atom stereocenters. The number of amides is 1. The van der Waals surface area contributed by atoms with Crippen molar-refractivity contribution in [1.29, 1.82) is 0 Å². The monoisotopic (exact) mass is 422 g/mol. The van der Waals surface area contributed by atoms with E-state index in [4.69, 9.17) is 0 Å². The van der Waals surface area contributed by atoms with Gasteiger partial charge in [0.25, 0.3) is 0 Å². The minimum atomic E-state index is 0.150. The van der Waals surface area contributed by atoms with Crippen molar-refractivity contribution >= 4 is 23.4 Å². The summed E-state index contributed by atoms with van der Waals surface area (Å²) in [5, 5.41) is 9.53. The smallest absolute Gasteiger partial charge is 0.233 e. The van der Waals surface area contributed by atoms with E-state index in [-0.39, 0.29) is 5.91 Å². The number of thioether (sulfide) groups is 1. The average molecular weight is 423 g/mol. The Balaban J connectivity index is 1.35. The topological polar surface area (TPSA) is 67.2 Å². The Bertz CT molecular complexity index is 998. The second-order valence-electron chi connectivity index (χ2n) is 7.28. The quantitative estimate of drug-likeness (QED) is 0.569. The standard InChI is InChI=1S/C22H26N6OS/c1-3-28-21(18-6-4-5-17(2)15-18)24-25-22(28)30-16-20(29)27-13-11-26(12-14-27)19-7-9-23-10-8-19/h4-10,15H,3,11-14,16H2,1-2H3. The maximum absolute atomic E-state index is 12.8. The van der Waals surface area contributed by atoms with Crippen LogP contribution >= 0.6 is 11.8 Å². The molecule has 1 fully saturated rings. The van der Waals surface area contributed by atoms with Gasteiger partial charge in [-0.05, 0) is 32.0 Å². The third kappa shape index (κ3) is 4.48. The fraction of sp³-hybridized carbons (Fsp3) is 0.364. The fourth-order valence-electron chi connectivity index (χ4n) is 3.66. The molecule has 0 unspecified atom stereocenters. The number of pyridine rings is 1. The molecular weight excluding hydrogens is 396 g/mol. The SMILES string of the molecule is CCn1c(SCC(=O)N2CCN(c3ccncc3)CC2)nnc1-c1cccc(C)c1. The van der Waals surface area contributed by atoms with E-state index in [1.807, 2.05) is 29.2 Å². The van der Waals surface area contributed by atoms with E-state index in [2.05, 4.69) is 50.6 Å². The zero-order valence-electron chi connectivity index (χ0n) is 17.4. The van der Waals surface area contributed by atoms with Crippen LogP contribution in [-0.2, 0) is 11.3 Å². The molecule has 8 heteroatoms. The summed E-state index contributed by atoms with van der Waals surface area (Å²) in [4.78, 5) is 21.1. The summed E-state index contributed by atoms with van der Waals surface area (Å²) >= 11 is 1.47. The van der Waals surface area contributed by atoms with Crippen molar-refractivity contribution in [2.24, 2.45) is 0 Å². The van der Waals surface area contributed by atoms with E-state index in [0.717, 1.165) is 55.0 Å². The number of aryl methyl sites for hydroxylation is 1. The van der Waals surface area contributed by atoms with E-state index in [9.17, 15) is 4.79 Å². The van der Waals surface area contributed by atoms with Crippen molar-refractivity contribution in [3.05, 3.63) is 54.4 Å². The van der Waals surface area contributed by atoms with Crippen molar-refractivity contribution in [3.8, 4) is 11.4 Å². The molecular formula is C22H26N6OS. The number of aromatic nitrogens is 4. The van der Waals surface area contributed by atoms with Crippen LogP contribution < -0.4 is 4.90 Å². The third-order valence-electron chi connectivity index (χ3n) is 5.29. The van der Waals surface area contributed by atoms with Crippen LogP contribution in [0, 0.1) is 6.92 Å². The van der Waals surface area contributed by atoms with Gasteiger partial charge in [0.2, 0.25) is 5.91 Å². The van der Waals surface area contributed by atoms with Gasteiger partial charge in [0.05, 0.1) is 5.75 Å². The normalized spacial score (nSPS) is 14.2. The molecule has 156 valence electrons. The van der Waals surface area contributed by atoms with Gasteiger partial charge in [0.15, 0.2) is 11.0 Å². The van der Waals surface area contributed by atoms with E-state index < -0.39 is 0 Å². The van der Waals surface area contributed by atoms with Crippen LogP contribution in [0.5, 0.6) is 0 Å². The summed E-state index contributed by atoms with van der Waals surface area (Å²) in [6.07, 6.45) is 3.61. The predicted molar refractivity (Wildman–Crippen MR) is 120 cm³/mol. The number of nitrogens with zero attached hydrogens (tertiary/aromatic N) is 6. The minimum Gasteiger partial charge on any atom is -0.368 e. The van der Waals surface area contributed by atoms with Gasteiger partial charge in [0.1, 0.15) is 0 Å². The Labute approximate surface area is 181 Å². The van der Waals surface area contributed by atoms with Crippen molar-refractivity contribution in [1.82, 2.24) is 24.6 Å². The summed E-state index contributed by atoms with van der Waals surface area (Å²) in [6, 6.07) is 12.3. The van der Waals surface area contributed by atoms with E-state index in [1.54, 1.807) is 12.4 Å². The second-order valence-corrected chi connectivity index (χ2v) is 8.22. The number of hydrogen-bond donors (Lipinski definition) is 0. The first-order chi connectivity index (χ1) is 14.7. The van der Waals surface area contributed by atoms with Gasteiger partial charge in [-0.3, -0.25) is 9.78 Å². The summed E-state index contributed by atoms with van der Waals surface area (Å²) in [5.74, 6) is 1.38. The van der Waals surface area contributed by atoms with Crippen LogP contribution in [0.3, 0.4) is 0 Å². The van der Waals surface area contributed by atoms with Crippen LogP contribution in [0.25, 0.3) is 11.4 Å². The molecule has 0 spiro atoms. The Morgan fingerprint density at radius 1 is 1.07 bits per heavy atom. The highest BCUT2D eigenvalue weighted by atomic mass is 32.2. The molecule has 4 rings (SSSR count). The molecule has 1 amide bonds. The molecule has 3 heterocycles. The fourth-order valence-corrected chi connectivity index (χ4v) is 4.57. The number of carbonyl (C=O) groups excluding carboxylic acids is 1. The first-order valence-electron chi connectivity index (χ1n) is 10.2. The summed E-state index contributed by atoms with van der Waals surface area (Å²) in [6.45, 7) is 8.04. The average Bonchev–Trinajstić information content (AvgIpc) is 3.21. The lowest BCUT2D eigenvalue weighted by Crippen LogP contribution is -2.49. The van der Waals surface area contributed by atoms with Gasteiger partial charge in [-0.15, -0.1) is 10.2 Å². The minimum absolute atomic E-state index is 0.150. The molecule has 0 saturated carbocycles. The van der Waals surface area contributed by atoms with Crippen molar-refractivity contribution in [2.75, 3.05) is 36.8 Å². The number of piperazine rings is 1. The van der Waals surface area contributed by atoms with Gasteiger partial charge in [0, 0.05) is 56.4 Å². The Kier molecular flexibility index (Phi) is 6.32. The number of rotatable bonds is 6. The molecule has 3 aromatic rings. The first-order valence-corrected chi connectivity index (χ1v) is 11.2. The lowest BCUT2D eigenvalue weighted by molar-refractivity contribution is -0.128. The largest absolute Gasteiger partial charge is 0.368 e. The molecule has 0 aliphatic carbocycles. The number of benzene rings is 1.